The van der Waals surface area contributed by atoms with Gasteiger partial charge in [0, 0.05) is 5.02 Å². The van der Waals surface area contributed by atoms with Gasteiger partial charge in [-0.2, -0.15) is 0 Å². The normalized spacial score (nSPS) is 25.2. The molecule has 0 amide bonds. The molecule has 1 aliphatic carbocycles. The van der Waals surface area contributed by atoms with Crippen LogP contribution in [0.4, 0.5) is 0 Å². The lowest BCUT2D eigenvalue weighted by atomic mass is 9.71. The molecule has 1 aromatic carbocycles. The van der Waals surface area contributed by atoms with Gasteiger partial charge in [-0.05, 0) is 48.8 Å². The standard InChI is InChI=1S/C16H23ClN2O/c1-10-6-12(9-16(2,3)8-10)20-14-5-4-11(17)7-13(14)15(18)19/h4-5,7,10,12H,6,8-9H2,1-3H3,(H3,18,19). The lowest BCUT2D eigenvalue weighted by Gasteiger charge is -2.39. The minimum absolute atomic E-state index is 0.00869. The summed E-state index contributed by atoms with van der Waals surface area (Å²) in [5.74, 6) is 1.30. The number of hydrogen-bond acceptors (Lipinski definition) is 2. The molecule has 1 aliphatic rings. The molecule has 1 saturated carbocycles. The largest absolute Gasteiger partial charge is 0.490 e. The van der Waals surface area contributed by atoms with Gasteiger partial charge in [-0.25, -0.2) is 0 Å². The van der Waals surface area contributed by atoms with E-state index in [4.69, 9.17) is 27.5 Å². The Hall–Kier alpha value is -1.22. The smallest absolute Gasteiger partial charge is 0.130 e. The highest BCUT2D eigenvalue weighted by molar-refractivity contribution is 6.31. The summed E-state index contributed by atoms with van der Waals surface area (Å²) in [4.78, 5) is 0. The van der Waals surface area contributed by atoms with E-state index in [1.165, 1.54) is 6.42 Å². The van der Waals surface area contributed by atoms with E-state index in [9.17, 15) is 0 Å². The highest BCUT2D eigenvalue weighted by Crippen LogP contribution is 2.40. The maximum absolute atomic E-state index is 7.65. The van der Waals surface area contributed by atoms with Gasteiger partial charge >= 0.3 is 0 Å². The van der Waals surface area contributed by atoms with Gasteiger partial charge in [0.2, 0.25) is 0 Å². The molecule has 0 bridgehead atoms. The van der Waals surface area contributed by atoms with Crippen LogP contribution in [0.15, 0.2) is 18.2 Å². The number of nitrogens with two attached hydrogens (primary N) is 1. The van der Waals surface area contributed by atoms with Gasteiger partial charge in [-0.1, -0.05) is 32.4 Å². The molecule has 2 unspecified atom stereocenters. The summed E-state index contributed by atoms with van der Waals surface area (Å²) in [6, 6.07) is 5.28. The lowest BCUT2D eigenvalue weighted by Crippen LogP contribution is -2.34. The monoisotopic (exact) mass is 294 g/mol. The first kappa shape index (κ1) is 15.2. The summed E-state index contributed by atoms with van der Waals surface area (Å²) in [7, 11) is 0. The molecule has 0 aliphatic heterocycles. The van der Waals surface area contributed by atoms with E-state index in [0.29, 0.717) is 27.7 Å². The van der Waals surface area contributed by atoms with Gasteiger partial charge in [0.1, 0.15) is 11.6 Å². The predicted molar refractivity (Wildman–Crippen MR) is 83.7 cm³/mol. The predicted octanol–water partition coefficient (Wildman–Crippen LogP) is 4.22. The molecule has 110 valence electrons. The average Bonchev–Trinajstić information content (AvgIpc) is 2.28. The van der Waals surface area contributed by atoms with Gasteiger partial charge in [0.05, 0.1) is 11.7 Å². The molecule has 3 nitrogen and oxygen atoms in total. The molecule has 3 N–H and O–H groups in total. The van der Waals surface area contributed by atoms with Gasteiger partial charge in [-0.15, -0.1) is 0 Å². The molecule has 0 aromatic heterocycles. The topological polar surface area (TPSA) is 59.1 Å². The molecule has 2 rings (SSSR count). The molecular formula is C16H23ClN2O. The molecular weight excluding hydrogens is 272 g/mol. The highest BCUT2D eigenvalue weighted by Gasteiger charge is 2.33. The quantitative estimate of drug-likeness (QED) is 0.648. The summed E-state index contributed by atoms with van der Waals surface area (Å²) < 4.78 is 6.13. The van der Waals surface area contributed by atoms with Crippen LogP contribution < -0.4 is 10.5 Å². The van der Waals surface area contributed by atoms with Gasteiger partial charge in [-0.3, -0.25) is 5.41 Å². The third kappa shape index (κ3) is 3.66. The number of ether oxygens (including phenoxy) is 1. The average molecular weight is 295 g/mol. The Morgan fingerprint density at radius 1 is 1.40 bits per heavy atom. The summed E-state index contributed by atoms with van der Waals surface area (Å²) >= 11 is 5.96. The van der Waals surface area contributed by atoms with E-state index in [0.717, 1.165) is 12.8 Å². The summed E-state index contributed by atoms with van der Waals surface area (Å²) in [6.07, 6.45) is 3.47. The van der Waals surface area contributed by atoms with E-state index in [1.54, 1.807) is 12.1 Å². The fraction of sp³-hybridized carbons (Fsp3) is 0.562. The first-order chi connectivity index (χ1) is 9.27. The van der Waals surface area contributed by atoms with Crippen molar-refractivity contribution in [2.24, 2.45) is 17.1 Å². The van der Waals surface area contributed by atoms with Crippen LogP contribution in [0.3, 0.4) is 0 Å². The number of halogens is 1. The zero-order chi connectivity index (χ0) is 14.9. The number of rotatable bonds is 3. The van der Waals surface area contributed by atoms with Gasteiger partial charge < -0.3 is 10.5 Å². The molecule has 4 heteroatoms. The highest BCUT2D eigenvalue weighted by atomic mass is 35.5. The first-order valence-electron chi connectivity index (χ1n) is 7.07. The third-order valence-electron chi connectivity index (χ3n) is 3.87. The second-order valence-corrected chi connectivity index (χ2v) is 7.14. The molecule has 0 radical (unpaired) electrons. The molecule has 0 saturated heterocycles. The minimum atomic E-state index is -0.00869. The van der Waals surface area contributed by atoms with Crippen molar-refractivity contribution in [3.63, 3.8) is 0 Å². The lowest BCUT2D eigenvalue weighted by molar-refractivity contribution is 0.0561. The fourth-order valence-electron chi connectivity index (χ4n) is 3.34. The Bertz CT molecular complexity index is 513. The molecule has 0 spiro atoms. The maximum Gasteiger partial charge on any atom is 0.130 e. The molecule has 1 aromatic rings. The Labute approximate surface area is 126 Å². The number of amidine groups is 1. The van der Waals surface area contributed by atoms with E-state index in [-0.39, 0.29) is 11.9 Å². The van der Waals surface area contributed by atoms with Crippen molar-refractivity contribution in [1.29, 1.82) is 5.41 Å². The molecule has 1 fully saturated rings. The molecule has 0 heterocycles. The fourth-order valence-corrected chi connectivity index (χ4v) is 3.52. The van der Waals surface area contributed by atoms with Crippen molar-refractivity contribution in [3.05, 3.63) is 28.8 Å². The van der Waals surface area contributed by atoms with Crippen molar-refractivity contribution < 1.29 is 4.74 Å². The maximum atomic E-state index is 7.65. The summed E-state index contributed by atoms with van der Waals surface area (Å²) in [6.45, 7) is 6.84. The van der Waals surface area contributed by atoms with Crippen LogP contribution in [-0.4, -0.2) is 11.9 Å². The van der Waals surface area contributed by atoms with Gasteiger partial charge in [0.25, 0.3) is 0 Å². The van der Waals surface area contributed by atoms with E-state index in [1.807, 2.05) is 6.07 Å². The zero-order valence-corrected chi connectivity index (χ0v) is 13.1. The van der Waals surface area contributed by atoms with Crippen molar-refractivity contribution in [3.8, 4) is 5.75 Å². The van der Waals surface area contributed by atoms with E-state index >= 15 is 0 Å². The van der Waals surface area contributed by atoms with Crippen LogP contribution >= 0.6 is 11.6 Å². The number of nitrogens with one attached hydrogen (secondary N) is 1. The Morgan fingerprint density at radius 2 is 2.10 bits per heavy atom. The first-order valence-corrected chi connectivity index (χ1v) is 7.45. The van der Waals surface area contributed by atoms with Crippen LogP contribution in [0, 0.1) is 16.7 Å². The molecule has 20 heavy (non-hydrogen) atoms. The van der Waals surface area contributed by atoms with Gasteiger partial charge in [0.15, 0.2) is 0 Å². The van der Waals surface area contributed by atoms with Crippen molar-refractivity contribution in [1.82, 2.24) is 0 Å². The van der Waals surface area contributed by atoms with Crippen LogP contribution in [-0.2, 0) is 0 Å². The summed E-state index contributed by atoms with van der Waals surface area (Å²) in [5.41, 5.74) is 6.49. The summed E-state index contributed by atoms with van der Waals surface area (Å²) in [5, 5.41) is 8.22. The Kier molecular flexibility index (Phi) is 4.28. The third-order valence-corrected chi connectivity index (χ3v) is 4.11. The van der Waals surface area contributed by atoms with Crippen LogP contribution in [0.1, 0.15) is 45.6 Å². The van der Waals surface area contributed by atoms with Crippen molar-refractivity contribution in [2.75, 3.05) is 0 Å². The van der Waals surface area contributed by atoms with Crippen LogP contribution in [0.5, 0.6) is 5.75 Å². The Balaban J connectivity index is 2.19. The molecule has 2 atom stereocenters. The van der Waals surface area contributed by atoms with Crippen molar-refractivity contribution in [2.45, 2.75) is 46.1 Å². The van der Waals surface area contributed by atoms with Crippen LogP contribution in [0.2, 0.25) is 5.02 Å². The zero-order valence-electron chi connectivity index (χ0n) is 12.4. The van der Waals surface area contributed by atoms with E-state index < -0.39 is 0 Å². The van der Waals surface area contributed by atoms with Crippen LogP contribution in [0.25, 0.3) is 0 Å². The van der Waals surface area contributed by atoms with Crippen molar-refractivity contribution >= 4 is 17.4 Å². The Morgan fingerprint density at radius 3 is 2.70 bits per heavy atom. The number of hydrogen-bond donors (Lipinski definition) is 2. The number of nitrogen functional groups attached to an aromatic ring is 1. The van der Waals surface area contributed by atoms with E-state index in [2.05, 4.69) is 20.8 Å². The number of benzene rings is 1. The second kappa shape index (κ2) is 5.65. The second-order valence-electron chi connectivity index (χ2n) is 6.71. The minimum Gasteiger partial charge on any atom is -0.490 e. The SMILES string of the molecule is CC1CC(Oc2ccc(Cl)cc2C(=N)N)CC(C)(C)C1.